The molecule has 0 aromatic carbocycles. The van der Waals surface area contributed by atoms with Gasteiger partial charge in [-0.1, -0.05) is 24.3 Å². The lowest BCUT2D eigenvalue weighted by molar-refractivity contribution is -0.118. The van der Waals surface area contributed by atoms with Crippen molar-refractivity contribution in [2.24, 2.45) is 0 Å². The van der Waals surface area contributed by atoms with E-state index in [9.17, 15) is 4.79 Å². The molecule has 0 N–H and O–H groups in total. The van der Waals surface area contributed by atoms with Crippen molar-refractivity contribution in [2.75, 3.05) is 0 Å². The van der Waals surface area contributed by atoms with Crippen LogP contribution in [0.25, 0.3) is 0 Å². The number of fused-ring (bicyclic) bond motifs is 1. The summed E-state index contributed by atoms with van der Waals surface area (Å²) in [7, 11) is 0. The number of hydrogen-bond donors (Lipinski definition) is 0. The molecule has 2 heteroatoms. The fraction of sp³-hybridized carbons (Fsp3) is 0.100. The Hall–Kier alpha value is -1.57. The fourth-order valence-corrected chi connectivity index (χ4v) is 1.31. The maximum Gasteiger partial charge on any atom is 0.206 e. The number of aldehydes is 1. The average molecular weight is 160 g/mol. The largest absolute Gasteiger partial charge is 0.478 e. The maximum atomic E-state index is 10.8. The third-order valence-corrected chi connectivity index (χ3v) is 1.97. The molecule has 0 spiro atoms. The Morgan fingerprint density at radius 2 is 2.25 bits per heavy atom. The van der Waals surface area contributed by atoms with Gasteiger partial charge in [-0.3, -0.25) is 4.79 Å². The van der Waals surface area contributed by atoms with E-state index in [0.29, 0.717) is 0 Å². The third-order valence-electron chi connectivity index (χ3n) is 1.97. The first-order valence-electron chi connectivity index (χ1n) is 3.75. The Labute approximate surface area is 70.5 Å². The van der Waals surface area contributed by atoms with E-state index in [0.717, 1.165) is 11.9 Å². The minimum absolute atomic E-state index is 0.808. The van der Waals surface area contributed by atoms with Gasteiger partial charge >= 0.3 is 0 Å². The highest BCUT2D eigenvalue weighted by Gasteiger charge is 2.33. The quantitative estimate of drug-likeness (QED) is 0.543. The van der Waals surface area contributed by atoms with Gasteiger partial charge in [-0.2, -0.15) is 0 Å². The molecule has 1 atom stereocenters. The molecule has 0 bridgehead atoms. The Balaban J connectivity index is 2.49. The van der Waals surface area contributed by atoms with Gasteiger partial charge in [0.1, 0.15) is 0 Å². The van der Waals surface area contributed by atoms with Crippen LogP contribution in [-0.2, 0) is 9.53 Å². The molecule has 2 nitrogen and oxygen atoms in total. The lowest BCUT2D eigenvalue weighted by Gasteiger charge is -2.28. The predicted octanol–water partition coefficient (Wildman–Crippen LogP) is 1.52. The molecule has 1 aliphatic heterocycles. The molecule has 1 heterocycles. The van der Waals surface area contributed by atoms with E-state index < -0.39 is 5.60 Å². The van der Waals surface area contributed by atoms with Gasteiger partial charge in [0.2, 0.25) is 5.60 Å². The van der Waals surface area contributed by atoms with E-state index in [-0.39, 0.29) is 0 Å². The summed E-state index contributed by atoms with van der Waals surface area (Å²) < 4.78 is 5.26. The van der Waals surface area contributed by atoms with Gasteiger partial charge in [-0.05, 0) is 12.2 Å². The molecule has 1 aliphatic carbocycles. The zero-order chi connectivity index (χ0) is 8.44. The summed E-state index contributed by atoms with van der Waals surface area (Å²) in [5.41, 5.74) is 0.0197. The molecule has 2 rings (SSSR count). The van der Waals surface area contributed by atoms with Crippen LogP contribution in [0.3, 0.4) is 0 Å². The zero-order valence-corrected chi connectivity index (χ0v) is 6.44. The van der Waals surface area contributed by atoms with Crippen molar-refractivity contribution < 1.29 is 9.53 Å². The molecule has 12 heavy (non-hydrogen) atoms. The van der Waals surface area contributed by atoms with E-state index in [2.05, 4.69) is 0 Å². The van der Waals surface area contributed by atoms with Crippen molar-refractivity contribution in [3.63, 3.8) is 0 Å². The molecule has 0 amide bonds. The molecule has 1 unspecified atom stereocenters. The summed E-state index contributed by atoms with van der Waals surface area (Å²) in [6.45, 7) is 0. The van der Waals surface area contributed by atoms with Crippen LogP contribution in [0.2, 0.25) is 0 Å². The summed E-state index contributed by atoms with van der Waals surface area (Å²) in [5, 5.41) is 0. The summed E-state index contributed by atoms with van der Waals surface area (Å²) in [5.74, 6) is 0. The van der Waals surface area contributed by atoms with Crippen molar-refractivity contribution in [1.82, 2.24) is 0 Å². The Bertz CT molecular complexity index is 321. The number of hydrogen-bond acceptors (Lipinski definition) is 2. The normalized spacial score (nSPS) is 30.5. The van der Waals surface area contributed by atoms with Crippen molar-refractivity contribution in [3.05, 3.63) is 48.3 Å². The number of carbonyl (C=O) groups is 1. The lowest BCUT2D eigenvalue weighted by atomic mass is 9.89. The average Bonchev–Trinajstić information content (AvgIpc) is 2.18. The second-order valence-corrected chi connectivity index (χ2v) is 2.70. The van der Waals surface area contributed by atoms with Gasteiger partial charge < -0.3 is 4.74 Å². The first-order chi connectivity index (χ1) is 5.87. The standard InChI is InChI=1S/C10H8O2/c11-8-10-6-2-1-4-9(10)5-3-7-12-10/h1-8H. The molecular formula is C10H8O2. The number of carbonyl (C=O) groups excluding carboxylic acids is 1. The molecule has 0 saturated carbocycles. The Kier molecular flexibility index (Phi) is 1.47. The topological polar surface area (TPSA) is 26.3 Å². The number of rotatable bonds is 1. The van der Waals surface area contributed by atoms with Gasteiger partial charge in [0.05, 0.1) is 6.26 Å². The van der Waals surface area contributed by atoms with E-state index in [1.807, 2.05) is 24.3 Å². The smallest absolute Gasteiger partial charge is 0.206 e. The minimum atomic E-state index is -0.858. The van der Waals surface area contributed by atoms with Gasteiger partial charge in [-0.25, -0.2) is 0 Å². The summed E-state index contributed by atoms with van der Waals surface area (Å²) >= 11 is 0. The monoisotopic (exact) mass is 160 g/mol. The second kappa shape index (κ2) is 2.48. The van der Waals surface area contributed by atoms with Crippen molar-refractivity contribution in [1.29, 1.82) is 0 Å². The molecular weight excluding hydrogens is 152 g/mol. The van der Waals surface area contributed by atoms with Gasteiger partial charge in [0.15, 0.2) is 6.29 Å². The molecule has 0 fully saturated rings. The molecule has 0 saturated heterocycles. The van der Waals surface area contributed by atoms with Gasteiger partial charge in [-0.15, -0.1) is 0 Å². The van der Waals surface area contributed by atoms with Crippen LogP contribution in [0.1, 0.15) is 0 Å². The molecule has 0 aromatic heterocycles. The minimum Gasteiger partial charge on any atom is -0.478 e. The third kappa shape index (κ3) is 0.848. The zero-order valence-electron chi connectivity index (χ0n) is 6.44. The van der Waals surface area contributed by atoms with E-state index in [1.165, 1.54) is 6.26 Å². The fourth-order valence-electron chi connectivity index (χ4n) is 1.31. The molecule has 0 aromatic rings. The van der Waals surface area contributed by atoms with Gasteiger partial charge in [0, 0.05) is 5.57 Å². The van der Waals surface area contributed by atoms with Crippen LogP contribution in [-0.4, -0.2) is 11.9 Å². The number of allylic oxidation sites excluding steroid dienone is 4. The predicted molar refractivity (Wildman–Crippen MR) is 45.4 cm³/mol. The van der Waals surface area contributed by atoms with Crippen molar-refractivity contribution >= 4 is 6.29 Å². The summed E-state index contributed by atoms with van der Waals surface area (Å²) in [6.07, 6.45) is 13.3. The van der Waals surface area contributed by atoms with Crippen molar-refractivity contribution in [3.8, 4) is 0 Å². The lowest BCUT2D eigenvalue weighted by Crippen LogP contribution is -2.34. The first-order valence-corrected chi connectivity index (χ1v) is 3.75. The highest BCUT2D eigenvalue weighted by atomic mass is 16.5. The highest BCUT2D eigenvalue weighted by Crippen LogP contribution is 2.28. The molecule has 60 valence electrons. The van der Waals surface area contributed by atoms with Crippen LogP contribution in [0, 0.1) is 0 Å². The van der Waals surface area contributed by atoms with E-state index in [4.69, 9.17) is 4.74 Å². The van der Waals surface area contributed by atoms with Crippen LogP contribution < -0.4 is 0 Å². The SMILES string of the molecule is O=CC12C=CC=CC1=CC=CO2. The molecule has 2 aliphatic rings. The van der Waals surface area contributed by atoms with Gasteiger partial charge in [0.25, 0.3) is 0 Å². The first kappa shape index (κ1) is 7.10. The maximum absolute atomic E-state index is 10.8. The summed E-state index contributed by atoms with van der Waals surface area (Å²) in [4.78, 5) is 10.8. The Morgan fingerprint density at radius 1 is 1.33 bits per heavy atom. The van der Waals surface area contributed by atoms with Crippen LogP contribution in [0.5, 0.6) is 0 Å². The van der Waals surface area contributed by atoms with E-state index >= 15 is 0 Å². The summed E-state index contributed by atoms with van der Waals surface area (Å²) in [6, 6.07) is 0. The highest BCUT2D eigenvalue weighted by molar-refractivity contribution is 5.76. The Morgan fingerprint density at radius 3 is 3.00 bits per heavy atom. The second-order valence-electron chi connectivity index (χ2n) is 2.70. The van der Waals surface area contributed by atoms with Crippen LogP contribution in [0.4, 0.5) is 0 Å². The van der Waals surface area contributed by atoms with Crippen molar-refractivity contribution in [2.45, 2.75) is 5.60 Å². The van der Waals surface area contributed by atoms with E-state index in [1.54, 1.807) is 12.2 Å². The molecule has 0 radical (unpaired) electrons. The van der Waals surface area contributed by atoms with Crippen LogP contribution >= 0.6 is 0 Å². The number of ether oxygens (including phenoxy) is 1. The van der Waals surface area contributed by atoms with Crippen LogP contribution in [0.15, 0.2) is 48.3 Å².